The van der Waals surface area contributed by atoms with Crippen molar-refractivity contribution in [2.45, 2.75) is 96.1 Å². The van der Waals surface area contributed by atoms with Gasteiger partial charge >= 0.3 is 0 Å². The number of primary amides is 3. The van der Waals surface area contributed by atoms with Crippen LogP contribution in [0.4, 0.5) is 0 Å². The fourth-order valence-corrected chi connectivity index (χ4v) is 7.03. The van der Waals surface area contributed by atoms with Gasteiger partial charge in [0.05, 0.1) is 24.4 Å². The molecule has 0 bridgehead atoms. The topological polar surface area (TPSA) is 205 Å². The molecule has 7 aliphatic rings. The predicted octanol–water partition coefficient (Wildman–Crippen LogP) is 5.54. The average molecular weight is 813 g/mol. The second kappa shape index (κ2) is 22.3. The number of rotatable bonds is 6. The van der Waals surface area contributed by atoms with E-state index in [1.54, 1.807) is 25.2 Å². The highest BCUT2D eigenvalue weighted by Crippen LogP contribution is 2.32. The minimum absolute atomic E-state index is 0.120. The van der Waals surface area contributed by atoms with E-state index in [1.807, 2.05) is 68.4 Å². The highest BCUT2D eigenvalue weighted by atomic mass is 16.6. The third kappa shape index (κ3) is 14.0. The second-order valence-electron chi connectivity index (χ2n) is 15.4. The SMILES string of the molecule is C1CC2OCCC2O1.C1CC2OCCC2O1.CC1=C(C(N)=O)Cc2ccccc21.CNC(=O)c1cccc(Oc2ccccc2C)c1.NC(=O)C1CC1.NC(=O)C1CC1. The number of nitrogens with two attached hydrogens (primary N) is 3. The first-order chi connectivity index (χ1) is 28.4. The molecule has 4 amide bonds. The first-order valence-corrected chi connectivity index (χ1v) is 20.6. The van der Waals surface area contributed by atoms with E-state index in [-0.39, 0.29) is 35.5 Å². The Bertz CT molecular complexity index is 1840. The van der Waals surface area contributed by atoms with Gasteiger partial charge in [-0.3, -0.25) is 19.2 Å². The Kier molecular flexibility index (Phi) is 17.0. The van der Waals surface area contributed by atoms with Gasteiger partial charge in [0.2, 0.25) is 17.7 Å². The summed E-state index contributed by atoms with van der Waals surface area (Å²) in [6.45, 7) is 7.58. The molecule has 2 saturated carbocycles. The highest BCUT2D eigenvalue weighted by molar-refractivity contribution is 6.02. The maximum Gasteiger partial charge on any atom is 0.251 e. The first-order valence-electron chi connectivity index (χ1n) is 20.6. The van der Waals surface area contributed by atoms with Crippen LogP contribution in [0.2, 0.25) is 0 Å². The molecule has 3 aliphatic carbocycles. The quantitative estimate of drug-likeness (QED) is 0.246. The number of hydrogen-bond donors (Lipinski definition) is 4. The van der Waals surface area contributed by atoms with Crippen LogP contribution in [-0.2, 0) is 39.8 Å². The lowest BCUT2D eigenvalue weighted by Gasteiger charge is -2.09. The van der Waals surface area contributed by atoms with Crippen LogP contribution in [0.5, 0.6) is 11.5 Å². The normalized spacial score (nSPS) is 22.6. The van der Waals surface area contributed by atoms with Gasteiger partial charge in [0.1, 0.15) is 11.5 Å². The Labute approximate surface area is 347 Å². The van der Waals surface area contributed by atoms with Crippen molar-refractivity contribution < 1.29 is 42.9 Å². The average Bonchev–Trinajstić information content (AvgIpc) is 4.00. The third-order valence-electron chi connectivity index (χ3n) is 10.9. The van der Waals surface area contributed by atoms with Crippen LogP contribution in [0.1, 0.15) is 85.3 Å². The van der Waals surface area contributed by atoms with Gasteiger partial charge in [0, 0.05) is 62.9 Å². The summed E-state index contributed by atoms with van der Waals surface area (Å²) >= 11 is 0. The Morgan fingerprint density at radius 1 is 0.627 bits per heavy atom. The smallest absolute Gasteiger partial charge is 0.251 e. The fraction of sp³-hybridized carbons (Fsp3) is 0.478. The Morgan fingerprint density at radius 2 is 1.12 bits per heavy atom. The van der Waals surface area contributed by atoms with E-state index in [0.717, 1.165) is 106 Å². The standard InChI is InChI=1S/C15H15NO2.C11H11NO.2C6H10O2.2C4H7NO/c1-11-6-3-4-9-14(11)18-13-8-5-7-12(10-13)15(17)16-2;1-7-9-5-3-2-4-8(9)6-10(7)11(12)13;2*1-3-7-6-2-4-8-5(1)6;2*5-4(6)3-1-2-3/h3-10H,1-2H3,(H,16,17);2-5H,6H2,1H3,(H2,12,13);2*5-6H,1-4H2;2*3H,1-2H2,(H2,5,6). The van der Waals surface area contributed by atoms with E-state index >= 15 is 0 Å². The molecule has 10 rings (SSSR count). The van der Waals surface area contributed by atoms with Crippen molar-refractivity contribution in [1.82, 2.24) is 5.32 Å². The Hall–Kier alpha value is -5.08. The molecule has 0 spiro atoms. The first kappa shape index (κ1) is 45.0. The maximum absolute atomic E-state index is 11.5. The lowest BCUT2D eigenvalue weighted by Crippen LogP contribution is -2.17. The lowest BCUT2D eigenvalue weighted by molar-refractivity contribution is -0.120. The van der Waals surface area contributed by atoms with Crippen LogP contribution in [-0.4, -0.2) is 81.5 Å². The zero-order valence-electron chi connectivity index (χ0n) is 34.5. The molecule has 13 heteroatoms. The molecule has 3 aromatic carbocycles. The van der Waals surface area contributed by atoms with Crippen molar-refractivity contribution in [1.29, 1.82) is 0 Å². The largest absolute Gasteiger partial charge is 0.457 e. The van der Waals surface area contributed by atoms with Crippen molar-refractivity contribution in [3.05, 3.63) is 101 Å². The zero-order chi connectivity index (χ0) is 42.3. The van der Waals surface area contributed by atoms with E-state index in [9.17, 15) is 19.2 Å². The highest BCUT2D eigenvalue weighted by Gasteiger charge is 2.34. The second-order valence-corrected chi connectivity index (χ2v) is 15.4. The summed E-state index contributed by atoms with van der Waals surface area (Å²) in [7, 11) is 1.61. The summed E-state index contributed by atoms with van der Waals surface area (Å²) in [5, 5.41) is 2.59. The number of carbonyl (C=O) groups is 4. The number of hydrogen-bond acceptors (Lipinski definition) is 9. The molecule has 4 atom stereocenters. The molecule has 4 aliphatic heterocycles. The van der Waals surface area contributed by atoms with E-state index in [0.29, 0.717) is 42.1 Å². The summed E-state index contributed by atoms with van der Waals surface area (Å²) in [5.74, 6) is 1.26. The summed E-state index contributed by atoms with van der Waals surface area (Å²) < 4.78 is 27.2. The van der Waals surface area contributed by atoms with E-state index in [4.69, 9.17) is 40.9 Å². The van der Waals surface area contributed by atoms with Gasteiger partial charge in [-0.05, 0) is 112 Å². The third-order valence-corrected chi connectivity index (χ3v) is 10.9. The molecule has 7 N–H and O–H groups in total. The van der Waals surface area contributed by atoms with Gasteiger partial charge < -0.3 is 46.2 Å². The summed E-state index contributed by atoms with van der Waals surface area (Å²) in [6, 6.07) is 22.9. The molecule has 4 unspecified atom stereocenters. The number of ether oxygens (including phenoxy) is 5. The number of fused-ring (bicyclic) bond motifs is 3. The molecular weight excluding hydrogens is 753 g/mol. The summed E-state index contributed by atoms with van der Waals surface area (Å²) in [4.78, 5) is 42.5. The van der Waals surface area contributed by atoms with Crippen LogP contribution in [0.25, 0.3) is 5.57 Å². The van der Waals surface area contributed by atoms with E-state index < -0.39 is 0 Å². The number of nitrogens with one attached hydrogen (secondary N) is 1. The van der Waals surface area contributed by atoms with Crippen LogP contribution in [0, 0.1) is 18.8 Å². The molecule has 59 heavy (non-hydrogen) atoms. The number of allylic oxidation sites excluding steroid dienone is 1. The number of benzene rings is 3. The minimum Gasteiger partial charge on any atom is -0.457 e. The monoisotopic (exact) mass is 812 g/mol. The molecule has 0 aromatic heterocycles. The van der Waals surface area contributed by atoms with Gasteiger partial charge in [-0.25, -0.2) is 0 Å². The number of aryl methyl sites for hydroxylation is 1. The molecular formula is C46H60N4O9. The van der Waals surface area contributed by atoms with E-state index in [1.165, 1.54) is 5.56 Å². The molecule has 3 aromatic rings. The van der Waals surface area contributed by atoms with Gasteiger partial charge in [-0.2, -0.15) is 0 Å². The predicted molar refractivity (Wildman–Crippen MR) is 224 cm³/mol. The van der Waals surface area contributed by atoms with Crippen LogP contribution in [0.15, 0.2) is 78.4 Å². The van der Waals surface area contributed by atoms with Gasteiger partial charge in [0.15, 0.2) is 0 Å². The fourth-order valence-electron chi connectivity index (χ4n) is 7.03. The zero-order valence-corrected chi connectivity index (χ0v) is 34.5. The molecule has 0 radical (unpaired) electrons. The van der Waals surface area contributed by atoms with Gasteiger partial charge in [0.25, 0.3) is 5.91 Å². The number of carbonyl (C=O) groups excluding carboxylic acids is 4. The van der Waals surface area contributed by atoms with Crippen molar-refractivity contribution in [3.8, 4) is 11.5 Å². The van der Waals surface area contributed by atoms with Gasteiger partial charge in [-0.1, -0.05) is 48.5 Å². The molecule has 4 saturated heterocycles. The summed E-state index contributed by atoms with van der Waals surface area (Å²) in [5.41, 5.74) is 20.8. The summed E-state index contributed by atoms with van der Waals surface area (Å²) in [6.07, 6.45) is 11.1. The van der Waals surface area contributed by atoms with Gasteiger partial charge in [-0.15, -0.1) is 0 Å². The Balaban J connectivity index is 0.000000141. The van der Waals surface area contributed by atoms with Crippen LogP contribution in [0.3, 0.4) is 0 Å². The van der Waals surface area contributed by atoms with Crippen LogP contribution >= 0.6 is 0 Å². The van der Waals surface area contributed by atoms with Crippen molar-refractivity contribution >= 4 is 29.2 Å². The minimum atomic E-state index is -0.298. The molecule has 318 valence electrons. The molecule has 13 nitrogen and oxygen atoms in total. The molecule has 6 fully saturated rings. The van der Waals surface area contributed by atoms with Crippen molar-refractivity contribution in [2.24, 2.45) is 29.0 Å². The number of para-hydroxylation sites is 1. The van der Waals surface area contributed by atoms with E-state index in [2.05, 4.69) is 5.32 Å². The maximum atomic E-state index is 11.5. The Morgan fingerprint density at radius 3 is 1.54 bits per heavy atom. The number of amides is 4. The lowest BCUT2D eigenvalue weighted by atomic mass is 10.1. The van der Waals surface area contributed by atoms with Crippen molar-refractivity contribution in [3.63, 3.8) is 0 Å². The molecule has 4 heterocycles. The van der Waals surface area contributed by atoms with Crippen molar-refractivity contribution in [2.75, 3.05) is 33.5 Å². The van der Waals surface area contributed by atoms with Crippen LogP contribution < -0.4 is 27.3 Å².